The second-order valence-electron chi connectivity index (χ2n) is 8.38. The van der Waals surface area contributed by atoms with Crippen LogP contribution in [0.25, 0.3) is 0 Å². The number of ether oxygens (including phenoxy) is 1. The smallest absolute Gasteiger partial charge is 0.261 e. The average molecular weight is 517 g/mol. The summed E-state index contributed by atoms with van der Waals surface area (Å²) in [4.78, 5) is 28.2. The van der Waals surface area contributed by atoms with Gasteiger partial charge in [0.25, 0.3) is 5.91 Å². The van der Waals surface area contributed by atoms with Crippen molar-refractivity contribution in [2.45, 2.75) is 38.9 Å². The summed E-state index contributed by atoms with van der Waals surface area (Å²) < 4.78 is 19.2. The van der Waals surface area contributed by atoms with E-state index in [1.807, 2.05) is 44.2 Å². The predicted molar refractivity (Wildman–Crippen MR) is 136 cm³/mol. The first-order chi connectivity index (χ1) is 16.7. The van der Waals surface area contributed by atoms with E-state index in [1.165, 1.54) is 23.1 Å². The zero-order valence-corrected chi connectivity index (χ0v) is 21.0. The molecular formula is C27H27Cl2FN2O3. The molecule has 0 aliphatic heterocycles. The summed E-state index contributed by atoms with van der Waals surface area (Å²) in [6.45, 7) is 3.47. The molecule has 0 saturated heterocycles. The van der Waals surface area contributed by atoms with Crippen molar-refractivity contribution in [2.75, 3.05) is 6.61 Å². The number of hydrogen-bond acceptors (Lipinski definition) is 3. The van der Waals surface area contributed by atoms with Crippen LogP contribution < -0.4 is 10.1 Å². The molecule has 0 saturated carbocycles. The highest BCUT2D eigenvalue weighted by Gasteiger charge is 2.31. The molecule has 0 radical (unpaired) electrons. The zero-order valence-electron chi connectivity index (χ0n) is 19.5. The molecule has 0 spiro atoms. The Bertz CT molecular complexity index is 1140. The van der Waals surface area contributed by atoms with E-state index in [4.69, 9.17) is 27.9 Å². The van der Waals surface area contributed by atoms with Crippen molar-refractivity contribution in [2.24, 2.45) is 0 Å². The van der Waals surface area contributed by atoms with Crippen LogP contribution >= 0.6 is 23.2 Å². The van der Waals surface area contributed by atoms with Gasteiger partial charge in [0, 0.05) is 24.0 Å². The molecule has 0 bridgehead atoms. The molecule has 3 aromatic carbocycles. The fraction of sp³-hybridized carbons (Fsp3) is 0.259. The third-order valence-corrected chi connectivity index (χ3v) is 5.74. The van der Waals surface area contributed by atoms with E-state index in [0.29, 0.717) is 22.8 Å². The monoisotopic (exact) mass is 516 g/mol. The number of benzene rings is 3. The standard InChI is InChI=1S/C27H27Cl2FN2O3/c1-18(2)31-27(34)24(14-19-6-4-3-5-7-19)32(16-20-8-11-22(30)12-9-20)26(33)17-35-25-13-10-21(28)15-23(25)29/h3-13,15,18,24H,14,16-17H2,1-2H3,(H,31,34). The molecule has 184 valence electrons. The van der Waals surface area contributed by atoms with Crippen molar-refractivity contribution in [3.63, 3.8) is 0 Å². The molecule has 0 aliphatic carbocycles. The van der Waals surface area contributed by atoms with Crippen LogP contribution in [-0.4, -0.2) is 35.4 Å². The van der Waals surface area contributed by atoms with Crippen LogP contribution in [0.3, 0.4) is 0 Å². The molecule has 8 heteroatoms. The Labute approximate surface area is 214 Å². The molecular weight excluding hydrogens is 490 g/mol. The van der Waals surface area contributed by atoms with Gasteiger partial charge in [-0.1, -0.05) is 65.7 Å². The topological polar surface area (TPSA) is 58.6 Å². The van der Waals surface area contributed by atoms with Crippen molar-refractivity contribution >= 4 is 35.0 Å². The molecule has 0 aromatic heterocycles. The van der Waals surface area contributed by atoms with Crippen LogP contribution in [0.5, 0.6) is 5.75 Å². The van der Waals surface area contributed by atoms with Crippen LogP contribution in [0.2, 0.25) is 10.0 Å². The second-order valence-corrected chi connectivity index (χ2v) is 9.22. The highest BCUT2D eigenvalue weighted by atomic mass is 35.5. The maximum absolute atomic E-state index is 13.5. The number of amides is 2. The summed E-state index contributed by atoms with van der Waals surface area (Å²) in [6.07, 6.45) is 0.300. The lowest BCUT2D eigenvalue weighted by Crippen LogP contribution is -2.52. The number of carbonyl (C=O) groups excluding carboxylic acids is 2. The van der Waals surface area contributed by atoms with Gasteiger partial charge in [-0.05, 0) is 55.3 Å². The second kappa shape index (κ2) is 12.6. The van der Waals surface area contributed by atoms with Crippen LogP contribution in [0.1, 0.15) is 25.0 Å². The highest BCUT2D eigenvalue weighted by Crippen LogP contribution is 2.27. The lowest BCUT2D eigenvalue weighted by atomic mass is 10.0. The first-order valence-electron chi connectivity index (χ1n) is 11.2. The van der Waals surface area contributed by atoms with Gasteiger partial charge in [0.05, 0.1) is 5.02 Å². The lowest BCUT2D eigenvalue weighted by molar-refractivity contribution is -0.143. The van der Waals surface area contributed by atoms with Gasteiger partial charge >= 0.3 is 0 Å². The zero-order chi connectivity index (χ0) is 25.4. The van der Waals surface area contributed by atoms with Crippen LogP contribution in [-0.2, 0) is 22.6 Å². The van der Waals surface area contributed by atoms with E-state index in [1.54, 1.807) is 24.3 Å². The van der Waals surface area contributed by atoms with Gasteiger partial charge in [0.1, 0.15) is 17.6 Å². The number of nitrogens with zero attached hydrogens (tertiary/aromatic N) is 1. The molecule has 0 aliphatic rings. The maximum atomic E-state index is 13.5. The Morgan fingerprint density at radius 1 is 0.971 bits per heavy atom. The van der Waals surface area contributed by atoms with Crippen molar-refractivity contribution in [3.8, 4) is 5.75 Å². The lowest BCUT2D eigenvalue weighted by Gasteiger charge is -2.32. The average Bonchev–Trinajstić information content (AvgIpc) is 2.82. The minimum absolute atomic E-state index is 0.0971. The number of rotatable bonds is 10. The fourth-order valence-electron chi connectivity index (χ4n) is 3.54. The first-order valence-corrected chi connectivity index (χ1v) is 11.9. The molecule has 3 aromatic rings. The Balaban J connectivity index is 1.91. The van der Waals surface area contributed by atoms with Crippen molar-refractivity contribution in [1.29, 1.82) is 0 Å². The number of halogens is 3. The van der Waals surface area contributed by atoms with Crippen LogP contribution in [0.4, 0.5) is 4.39 Å². The third-order valence-electron chi connectivity index (χ3n) is 5.21. The summed E-state index contributed by atoms with van der Waals surface area (Å²) in [6, 6.07) is 19.0. The summed E-state index contributed by atoms with van der Waals surface area (Å²) in [7, 11) is 0. The minimum atomic E-state index is -0.818. The normalized spacial score (nSPS) is 11.7. The predicted octanol–water partition coefficient (Wildman–Crippen LogP) is 5.68. The number of hydrogen-bond donors (Lipinski definition) is 1. The van der Waals surface area contributed by atoms with E-state index in [-0.39, 0.29) is 35.9 Å². The van der Waals surface area contributed by atoms with E-state index in [0.717, 1.165) is 5.56 Å². The minimum Gasteiger partial charge on any atom is -0.482 e. The molecule has 0 heterocycles. The molecule has 0 fully saturated rings. The van der Waals surface area contributed by atoms with Crippen molar-refractivity contribution < 1.29 is 18.7 Å². The van der Waals surface area contributed by atoms with Gasteiger partial charge < -0.3 is 15.0 Å². The Morgan fingerprint density at radius 2 is 1.66 bits per heavy atom. The van der Waals surface area contributed by atoms with Crippen LogP contribution in [0.15, 0.2) is 72.8 Å². The van der Waals surface area contributed by atoms with E-state index < -0.39 is 11.9 Å². The summed E-state index contributed by atoms with van der Waals surface area (Å²) in [5.74, 6) is -0.785. The van der Waals surface area contributed by atoms with Gasteiger partial charge in [-0.25, -0.2) is 4.39 Å². The SMILES string of the molecule is CC(C)NC(=O)C(Cc1ccccc1)N(Cc1ccc(F)cc1)C(=O)COc1ccc(Cl)cc1Cl. The van der Waals surface area contributed by atoms with Gasteiger partial charge in [-0.2, -0.15) is 0 Å². The van der Waals surface area contributed by atoms with Crippen LogP contribution in [0, 0.1) is 5.82 Å². The van der Waals surface area contributed by atoms with Gasteiger partial charge in [-0.3, -0.25) is 9.59 Å². The molecule has 1 atom stereocenters. The molecule has 3 rings (SSSR count). The maximum Gasteiger partial charge on any atom is 0.261 e. The summed E-state index contributed by atoms with van der Waals surface area (Å²) >= 11 is 12.1. The highest BCUT2D eigenvalue weighted by molar-refractivity contribution is 6.35. The van der Waals surface area contributed by atoms with Gasteiger partial charge in [0.15, 0.2) is 6.61 Å². The molecule has 2 amide bonds. The summed E-state index contributed by atoms with van der Waals surface area (Å²) in [5, 5.41) is 3.63. The first kappa shape index (κ1) is 26.5. The Hall–Kier alpha value is -3.09. The van der Waals surface area contributed by atoms with E-state index in [2.05, 4.69) is 5.32 Å². The fourth-order valence-corrected chi connectivity index (χ4v) is 4.00. The molecule has 35 heavy (non-hydrogen) atoms. The number of carbonyl (C=O) groups is 2. The van der Waals surface area contributed by atoms with E-state index in [9.17, 15) is 14.0 Å². The Kier molecular flexibility index (Phi) is 9.52. The molecule has 5 nitrogen and oxygen atoms in total. The van der Waals surface area contributed by atoms with Crippen molar-refractivity contribution in [1.82, 2.24) is 10.2 Å². The van der Waals surface area contributed by atoms with Gasteiger partial charge in [-0.15, -0.1) is 0 Å². The number of nitrogens with one attached hydrogen (secondary N) is 1. The Morgan fingerprint density at radius 3 is 2.29 bits per heavy atom. The summed E-state index contributed by atoms with van der Waals surface area (Å²) in [5.41, 5.74) is 1.58. The van der Waals surface area contributed by atoms with Gasteiger partial charge in [0.2, 0.25) is 5.91 Å². The third kappa shape index (κ3) is 7.98. The quantitative estimate of drug-likeness (QED) is 0.377. The van der Waals surface area contributed by atoms with Crippen molar-refractivity contribution in [3.05, 3.63) is 99.8 Å². The molecule has 1 unspecified atom stereocenters. The molecule has 1 N–H and O–H groups in total. The van der Waals surface area contributed by atoms with E-state index >= 15 is 0 Å². The largest absolute Gasteiger partial charge is 0.482 e.